The van der Waals surface area contributed by atoms with Gasteiger partial charge < -0.3 is 26.4 Å². The second-order valence-electron chi connectivity index (χ2n) is 5.67. The lowest BCUT2D eigenvalue weighted by Crippen LogP contribution is -2.73. The van der Waals surface area contributed by atoms with Crippen molar-refractivity contribution in [1.82, 2.24) is 26.2 Å². The summed E-state index contributed by atoms with van der Waals surface area (Å²) in [6.07, 6.45) is -2.69. The number of hydrogen-bond acceptors (Lipinski definition) is 8. The van der Waals surface area contributed by atoms with Gasteiger partial charge in [-0.1, -0.05) is 0 Å². The summed E-state index contributed by atoms with van der Waals surface area (Å²) in [5.74, 6) is -4.95. The molecule has 0 aromatic heterocycles. The number of carbonyl (C=O) groups excluding carboxylic acids is 5. The molecule has 0 aliphatic carbocycles. The number of nitrogens with zero attached hydrogens (tertiary/aromatic N) is 1. The van der Waals surface area contributed by atoms with Gasteiger partial charge in [0.15, 0.2) is 6.17 Å². The number of hydrogen-bond donors (Lipinski definition) is 5. The Kier molecular flexibility index (Phi) is 5.31. The third-order valence-electron chi connectivity index (χ3n) is 3.83. The van der Waals surface area contributed by atoms with E-state index in [1.165, 1.54) is 0 Å². The maximum absolute atomic E-state index is 12.7. The molecule has 15 heteroatoms. The highest BCUT2D eigenvalue weighted by molar-refractivity contribution is 7.34. The van der Waals surface area contributed by atoms with E-state index in [1.54, 1.807) is 0 Å². The number of aliphatic carboxylic acids is 1. The van der Waals surface area contributed by atoms with E-state index in [1.807, 2.05) is 16.0 Å². The standard InChI is InChI=1S/C12H14N5O9P/c1-4(18)13-5(2-3-6(19)20)7(21)17-9(22)12(27(25)26)8(15-11(17)24)14-10(23)16-12/h5,8H,2-3H2,1H3,(H,13,18)(H,15,24)(H,19,20)(H2,14,16,23). The Labute approximate surface area is 150 Å². The van der Waals surface area contributed by atoms with Crippen molar-refractivity contribution in [3.05, 3.63) is 0 Å². The number of carboxylic acids is 1. The fourth-order valence-corrected chi connectivity index (χ4v) is 3.43. The van der Waals surface area contributed by atoms with Crippen LogP contribution in [0.5, 0.6) is 0 Å². The van der Waals surface area contributed by atoms with Crippen molar-refractivity contribution in [3.8, 4) is 0 Å². The Morgan fingerprint density at radius 1 is 1.26 bits per heavy atom. The molecule has 0 saturated carbocycles. The first-order chi connectivity index (χ1) is 12.5. The minimum atomic E-state index is -3.70. The van der Waals surface area contributed by atoms with Crippen LogP contribution in [0.4, 0.5) is 9.59 Å². The van der Waals surface area contributed by atoms with Crippen molar-refractivity contribution >= 4 is 43.4 Å². The molecule has 2 heterocycles. The van der Waals surface area contributed by atoms with Gasteiger partial charge in [0, 0.05) is 13.3 Å². The van der Waals surface area contributed by atoms with Crippen molar-refractivity contribution in [2.24, 2.45) is 0 Å². The number of imide groups is 3. The summed E-state index contributed by atoms with van der Waals surface area (Å²) in [6, 6.07) is -3.99. The van der Waals surface area contributed by atoms with E-state index in [0.29, 0.717) is 0 Å². The normalized spacial score (nSPS) is 24.9. The summed E-state index contributed by atoms with van der Waals surface area (Å²) in [7, 11) is -3.70. The van der Waals surface area contributed by atoms with Crippen LogP contribution < -0.4 is 21.3 Å². The average Bonchev–Trinajstić information content (AvgIpc) is 2.88. The lowest BCUT2D eigenvalue weighted by Gasteiger charge is -2.37. The molecule has 0 aromatic rings. The van der Waals surface area contributed by atoms with Crippen molar-refractivity contribution in [1.29, 1.82) is 0 Å². The first-order valence-corrected chi connectivity index (χ1v) is 8.59. The molecule has 2 fully saturated rings. The van der Waals surface area contributed by atoms with Gasteiger partial charge in [0.1, 0.15) is 6.04 Å². The molecule has 5 N–H and O–H groups in total. The molecule has 7 amide bonds. The largest absolute Gasteiger partial charge is 0.481 e. The Balaban J connectivity index is 2.39. The van der Waals surface area contributed by atoms with Crippen LogP contribution in [0.2, 0.25) is 0 Å². The molecule has 14 nitrogen and oxygen atoms in total. The van der Waals surface area contributed by atoms with Gasteiger partial charge in [-0.2, -0.15) is 4.90 Å². The lowest BCUT2D eigenvalue weighted by atomic mass is 10.1. The quantitative estimate of drug-likeness (QED) is 0.308. The number of urea groups is 2. The molecule has 146 valence electrons. The Morgan fingerprint density at radius 2 is 1.89 bits per heavy atom. The summed E-state index contributed by atoms with van der Waals surface area (Å²) < 4.78 is 23.4. The minimum absolute atomic E-state index is 0.0721. The summed E-state index contributed by atoms with van der Waals surface area (Å²) in [5.41, 5.74) is 0. The molecule has 2 aliphatic rings. The van der Waals surface area contributed by atoms with E-state index in [2.05, 4.69) is 5.32 Å². The van der Waals surface area contributed by atoms with Gasteiger partial charge in [0.2, 0.25) is 5.91 Å². The predicted molar refractivity (Wildman–Crippen MR) is 81.3 cm³/mol. The van der Waals surface area contributed by atoms with E-state index in [9.17, 15) is 37.9 Å². The number of fused-ring (bicyclic) bond motifs is 1. The van der Waals surface area contributed by atoms with Crippen LogP contribution in [-0.2, 0) is 28.3 Å². The summed E-state index contributed by atoms with van der Waals surface area (Å²) in [4.78, 5) is 70.8. The van der Waals surface area contributed by atoms with Gasteiger partial charge in [-0.05, 0) is 6.42 Å². The average molecular weight is 403 g/mol. The predicted octanol–water partition coefficient (Wildman–Crippen LogP) is -2.06. The Hall–Kier alpha value is -3.28. The Morgan fingerprint density at radius 3 is 2.41 bits per heavy atom. The number of nitrogens with one attached hydrogen (secondary N) is 4. The highest BCUT2D eigenvalue weighted by Gasteiger charge is 2.65. The van der Waals surface area contributed by atoms with Gasteiger partial charge in [-0.15, -0.1) is 0 Å². The van der Waals surface area contributed by atoms with Gasteiger partial charge in [-0.3, -0.25) is 19.2 Å². The summed E-state index contributed by atoms with van der Waals surface area (Å²) >= 11 is 0. The third-order valence-corrected chi connectivity index (χ3v) is 4.97. The first kappa shape index (κ1) is 20.0. The van der Waals surface area contributed by atoms with Crippen LogP contribution >= 0.6 is 7.68 Å². The topological polar surface area (TPSA) is 208 Å². The van der Waals surface area contributed by atoms with Crippen LogP contribution in [0.3, 0.4) is 0 Å². The Bertz CT molecular complexity index is 816. The maximum atomic E-state index is 12.7. The van der Waals surface area contributed by atoms with Crippen LogP contribution in [0.1, 0.15) is 19.8 Å². The van der Waals surface area contributed by atoms with Crippen LogP contribution in [0.15, 0.2) is 0 Å². The fraction of sp³-hybridized carbons (Fsp3) is 0.500. The van der Waals surface area contributed by atoms with Gasteiger partial charge >= 0.3 is 25.7 Å². The molecule has 3 atom stereocenters. The molecular weight excluding hydrogens is 389 g/mol. The molecule has 0 aromatic carbocycles. The van der Waals surface area contributed by atoms with Crippen molar-refractivity contribution < 1.29 is 43.0 Å². The van der Waals surface area contributed by atoms with E-state index >= 15 is 0 Å². The highest BCUT2D eigenvalue weighted by atomic mass is 31.1. The minimum Gasteiger partial charge on any atom is -0.481 e. The highest BCUT2D eigenvalue weighted by Crippen LogP contribution is 2.36. The number of rotatable bonds is 6. The molecule has 0 spiro atoms. The van der Waals surface area contributed by atoms with E-state index in [-0.39, 0.29) is 4.90 Å². The van der Waals surface area contributed by atoms with Crippen molar-refractivity contribution in [2.75, 3.05) is 0 Å². The SMILES string of the molecule is CC(=O)NC(CCC(=O)O)C(=O)N1C(=O)NC2NC(=O)NC2(P(=O)=O)C1=O. The maximum Gasteiger partial charge on any atom is 0.356 e. The number of carbonyl (C=O) groups is 6. The van der Waals surface area contributed by atoms with Crippen LogP contribution in [0.25, 0.3) is 0 Å². The van der Waals surface area contributed by atoms with Crippen LogP contribution in [-0.4, -0.2) is 63.2 Å². The van der Waals surface area contributed by atoms with Crippen molar-refractivity contribution in [3.63, 3.8) is 0 Å². The molecular formula is C12H14N5O9P. The first-order valence-electron chi connectivity index (χ1n) is 7.41. The van der Waals surface area contributed by atoms with Crippen molar-refractivity contribution in [2.45, 2.75) is 37.3 Å². The molecule has 2 saturated heterocycles. The zero-order valence-electron chi connectivity index (χ0n) is 13.7. The lowest BCUT2D eigenvalue weighted by molar-refractivity contribution is -0.147. The molecule has 2 rings (SSSR count). The second kappa shape index (κ2) is 7.15. The monoisotopic (exact) mass is 403 g/mol. The van der Waals surface area contributed by atoms with Gasteiger partial charge in [0.05, 0.1) is 0 Å². The van der Waals surface area contributed by atoms with E-state index in [4.69, 9.17) is 5.11 Å². The van der Waals surface area contributed by atoms with Gasteiger partial charge in [-0.25, -0.2) is 18.7 Å². The van der Waals surface area contributed by atoms with E-state index in [0.717, 1.165) is 6.92 Å². The number of amides is 7. The number of carboxylic acid groups (broad SMARTS) is 1. The van der Waals surface area contributed by atoms with Gasteiger partial charge in [0.25, 0.3) is 17.1 Å². The summed E-state index contributed by atoms with van der Waals surface area (Å²) in [5, 5.41) is 14.1. The molecule has 2 aliphatic heterocycles. The van der Waals surface area contributed by atoms with Crippen LogP contribution in [0, 0.1) is 0 Å². The molecule has 3 unspecified atom stereocenters. The molecule has 0 bridgehead atoms. The zero-order valence-corrected chi connectivity index (χ0v) is 14.6. The fourth-order valence-electron chi connectivity index (χ4n) is 2.64. The third kappa shape index (κ3) is 3.51. The second-order valence-corrected chi connectivity index (χ2v) is 6.89. The molecule has 0 radical (unpaired) electrons. The summed E-state index contributed by atoms with van der Waals surface area (Å²) in [6.45, 7) is 1.02. The smallest absolute Gasteiger partial charge is 0.356 e. The zero-order chi connectivity index (χ0) is 20.5. The molecule has 27 heavy (non-hydrogen) atoms. The van der Waals surface area contributed by atoms with E-state index < -0.39 is 73.8 Å².